The van der Waals surface area contributed by atoms with Gasteiger partial charge in [-0.05, 0) is 37.1 Å². The normalized spacial score (nSPS) is 14.7. The van der Waals surface area contributed by atoms with Crippen molar-refractivity contribution in [1.29, 1.82) is 0 Å². The van der Waals surface area contributed by atoms with Crippen LogP contribution >= 0.6 is 22.9 Å². The second-order valence-electron chi connectivity index (χ2n) is 7.59. The Hall–Kier alpha value is -2.74. The lowest BCUT2D eigenvalue weighted by Crippen LogP contribution is -2.35. The van der Waals surface area contributed by atoms with Crippen molar-refractivity contribution in [3.63, 3.8) is 0 Å². The smallest absolute Gasteiger partial charge is 0.338 e. The number of fused-ring (bicyclic) bond motifs is 1. The fourth-order valence-corrected chi connectivity index (χ4v) is 6.39. The predicted molar refractivity (Wildman–Crippen MR) is 122 cm³/mol. The zero-order valence-corrected chi connectivity index (χ0v) is 20.2. The first-order valence-corrected chi connectivity index (χ1v) is 12.9. The van der Waals surface area contributed by atoms with Crippen LogP contribution in [-0.4, -0.2) is 49.3 Å². The fraction of sp³-hybridized carbons (Fsp3) is 0.286. The molecule has 4 rings (SSSR count). The van der Waals surface area contributed by atoms with E-state index in [9.17, 15) is 31.2 Å². The molecule has 186 valence electrons. The van der Waals surface area contributed by atoms with Gasteiger partial charge in [-0.2, -0.15) is 4.31 Å². The molecule has 1 aliphatic heterocycles. The number of hydrogen-bond acceptors (Lipinski definition) is 7. The number of hydrogen-bond donors (Lipinski definition) is 1. The topological polar surface area (TPSA) is 106 Å². The Kier molecular flexibility index (Phi) is 7.31. The highest BCUT2D eigenvalue weighted by atomic mass is 35.5. The molecule has 0 unspecified atom stereocenters. The summed E-state index contributed by atoms with van der Waals surface area (Å²) in [5.41, 5.74) is -0.587. The van der Waals surface area contributed by atoms with E-state index in [1.54, 1.807) is 0 Å². The van der Waals surface area contributed by atoms with Crippen molar-refractivity contribution in [2.24, 2.45) is 0 Å². The number of sulfonamides is 1. The third kappa shape index (κ3) is 5.27. The van der Waals surface area contributed by atoms with Crippen LogP contribution in [0.3, 0.4) is 0 Å². The molecule has 1 N–H and O–H groups in total. The number of ether oxygens (including phenoxy) is 1. The molecule has 8 nitrogen and oxygen atoms in total. The van der Waals surface area contributed by atoms with Gasteiger partial charge in [-0.1, -0.05) is 29.4 Å². The molecular weight excluding hydrogens is 531 g/mol. The quantitative estimate of drug-likeness (QED) is 0.364. The molecular formula is C21H17ClF3N3O5S2. The third-order valence-corrected chi connectivity index (χ3v) is 8.50. The molecule has 1 amide bonds. The number of esters is 1. The number of piperidine rings is 1. The minimum absolute atomic E-state index is 0.0303. The molecule has 1 fully saturated rings. The van der Waals surface area contributed by atoms with Crippen LogP contribution in [-0.2, 0) is 19.6 Å². The van der Waals surface area contributed by atoms with Gasteiger partial charge in [0.1, 0.15) is 10.4 Å². The van der Waals surface area contributed by atoms with E-state index in [0.29, 0.717) is 24.4 Å². The predicted octanol–water partition coefficient (Wildman–Crippen LogP) is 4.34. The van der Waals surface area contributed by atoms with E-state index in [4.69, 9.17) is 16.3 Å². The molecule has 2 heterocycles. The molecule has 3 aromatic rings. The van der Waals surface area contributed by atoms with Crippen molar-refractivity contribution >= 4 is 60.2 Å². The van der Waals surface area contributed by atoms with Gasteiger partial charge in [0.25, 0.3) is 5.91 Å². The van der Waals surface area contributed by atoms with Gasteiger partial charge >= 0.3 is 5.97 Å². The van der Waals surface area contributed by atoms with Gasteiger partial charge in [0.15, 0.2) is 29.2 Å². The summed E-state index contributed by atoms with van der Waals surface area (Å²) in [6.07, 6.45) is 2.37. The van der Waals surface area contributed by atoms with E-state index in [1.807, 2.05) is 0 Å². The molecule has 0 saturated carbocycles. The van der Waals surface area contributed by atoms with E-state index in [1.165, 1.54) is 16.4 Å². The van der Waals surface area contributed by atoms with Crippen LogP contribution in [0.4, 0.5) is 18.3 Å². The van der Waals surface area contributed by atoms with Gasteiger partial charge < -0.3 is 4.74 Å². The summed E-state index contributed by atoms with van der Waals surface area (Å²) in [6.45, 7) is -0.0816. The maximum atomic E-state index is 13.8. The van der Waals surface area contributed by atoms with Crippen molar-refractivity contribution in [2.75, 3.05) is 25.0 Å². The maximum absolute atomic E-state index is 13.8. The SMILES string of the molecule is O=C(COC(=O)c1ccc(Cl)c(S(=O)(=O)N2CCCCC2)c1)Nc1nc2c(F)c(F)c(F)cc2s1. The summed E-state index contributed by atoms with van der Waals surface area (Å²) in [5.74, 6) is -6.39. The Morgan fingerprint density at radius 2 is 1.83 bits per heavy atom. The average molecular weight is 548 g/mol. The van der Waals surface area contributed by atoms with Gasteiger partial charge in [-0.3, -0.25) is 10.1 Å². The van der Waals surface area contributed by atoms with Gasteiger partial charge in [-0.15, -0.1) is 0 Å². The van der Waals surface area contributed by atoms with Crippen molar-refractivity contribution in [3.8, 4) is 0 Å². The molecule has 1 saturated heterocycles. The molecule has 35 heavy (non-hydrogen) atoms. The number of aromatic nitrogens is 1. The summed E-state index contributed by atoms with van der Waals surface area (Å²) < 4.78 is 72.6. The second kappa shape index (κ2) is 10.1. The average Bonchev–Trinajstić information content (AvgIpc) is 3.24. The number of nitrogens with zero attached hydrogens (tertiary/aromatic N) is 2. The summed E-state index contributed by atoms with van der Waals surface area (Å²) in [7, 11) is -3.92. The number of halogens is 4. The molecule has 0 atom stereocenters. The van der Waals surface area contributed by atoms with Crippen LogP contribution in [0.5, 0.6) is 0 Å². The van der Waals surface area contributed by atoms with E-state index in [2.05, 4.69) is 10.3 Å². The fourth-order valence-electron chi connectivity index (χ4n) is 3.47. The molecule has 0 spiro atoms. The summed E-state index contributed by atoms with van der Waals surface area (Å²) in [4.78, 5) is 28.0. The first kappa shape index (κ1) is 25.4. The van der Waals surface area contributed by atoms with Crippen LogP contribution in [0, 0.1) is 17.5 Å². The number of carbonyl (C=O) groups excluding carboxylic acids is 2. The van der Waals surface area contributed by atoms with Crippen LogP contribution < -0.4 is 5.32 Å². The highest BCUT2D eigenvalue weighted by Crippen LogP contribution is 2.31. The molecule has 0 radical (unpaired) electrons. The number of benzene rings is 2. The Bertz CT molecular complexity index is 1430. The van der Waals surface area contributed by atoms with Crippen LogP contribution in [0.2, 0.25) is 5.02 Å². The highest BCUT2D eigenvalue weighted by molar-refractivity contribution is 7.89. The van der Waals surface area contributed by atoms with Crippen molar-refractivity contribution in [2.45, 2.75) is 24.2 Å². The Balaban J connectivity index is 1.43. The summed E-state index contributed by atoms with van der Waals surface area (Å²) >= 11 is 6.78. The standard InChI is InChI=1S/C21H17ClF3N3O5S2/c22-12-5-4-11(8-15(12)35(31,32)28-6-2-1-3-7-28)20(30)33-10-16(29)26-21-27-19-14(34-21)9-13(23)17(24)18(19)25/h4-5,8-9H,1-3,6-7,10H2,(H,26,27,29). The number of carbonyl (C=O) groups is 2. The van der Waals surface area contributed by atoms with E-state index >= 15 is 0 Å². The first-order chi connectivity index (χ1) is 16.6. The van der Waals surface area contributed by atoms with Crippen LogP contribution in [0.1, 0.15) is 29.6 Å². The molecule has 0 bridgehead atoms. The number of amides is 1. The summed E-state index contributed by atoms with van der Waals surface area (Å²) in [6, 6.07) is 4.35. The van der Waals surface area contributed by atoms with Gasteiger partial charge in [-0.25, -0.2) is 31.4 Å². The van der Waals surface area contributed by atoms with Crippen LogP contribution in [0.25, 0.3) is 10.2 Å². The van der Waals surface area contributed by atoms with Crippen LogP contribution in [0.15, 0.2) is 29.2 Å². The highest BCUT2D eigenvalue weighted by Gasteiger charge is 2.29. The third-order valence-electron chi connectivity index (χ3n) is 5.20. The second-order valence-corrected chi connectivity index (χ2v) is 10.9. The van der Waals surface area contributed by atoms with Gasteiger partial charge in [0.05, 0.1) is 15.3 Å². The molecule has 0 aliphatic carbocycles. The minimum atomic E-state index is -3.92. The molecule has 1 aromatic heterocycles. The first-order valence-electron chi connectivity index (χ1n) is 10.3. The maximum Gasteiger partial charge on any atom is 0.338 e. The molecule has 1 aliphatic rings. The number of thiazole rings is 1. The van der Waals surface area contributed by atoms with E-state index < -0.39 is 51.5 Å². The summed E-state index contributed by atoms with van der Waals surface area (Å²) in [5, 5.41) is 2.03. The van der Waals surface area contributed by atoms with Crippen molar-refractivity contribution < 1.29 is 35.9 Å². The Labute approximate surface area is 206 Å². The van der Waals surface area contributed by atoms with Gasteiger partial charge in [0.2, 0.25) is 10.0 Å². The lowest BCUT2D eigenvalue weighted by atomic mass is 10.2. The van der Waals surface area contributed by atoms with E-state index in [0.717, 1.165) is 31.4 Å². The Morgan fingerprint density at radius 3 is 2.54 bits per heavy atom. The number of nitrogens with one attached hydrogen (secondary N) is 1. The number of anilines is 1. The zero-order valence-electron chi connectivity index (χ0n) is 17.8. The zero-order chi connectivity index (χ0) is 25.3. The van der Waals surface area contributed by atoms with Crippen molar-refractivity contribution in [3.05, 3.63) is 52.3 Å². The van der Waals surface area contributed by atoms with Crippen molar-refractivity contribution in [1.82, 2.24) is 9.29 Å². The molecule has 2 aromatic carbocycles. The number of rotatable bonds is 6. The Morgan fingerprint density at radius 1 is 1.11 bits per heavy atom. The van der Waals surface area contributed by atoms with E-state index in [-0.39, 0.29) is 25.3 Å². The van der Waals surface area contributed by atoms with Gasteiger partial charge in [0, 0.05) is 13.1 Å². The lowest BCUT2D eigenvalue weighted by molar-refractivity contribution is -0.119. The molecule has 14 heteroatoms. The minimum Gasteiger partial charge on any atom is -0.452 e. The largest absolute Gasteiger partial charge is 0.452 e. The lowest BCUT2D eigenvalue weighted by Gasteiger charge is -2.26. The monoisotopic (exact) mass is 547 g/mol.